The Labute approximate surface area is 147 Å². The molecule has 25 heavy (non-hydrogen) atoms. The molecular formula is C19H19N5O. The van der Waals surface area contributed by atoms with Crippen LogP contribution in [0.3, 0.4) is 0 Å². The van der Waals surface area contributed by atoms with Crippen molar-refractivity contribution in [2.45, 2.75) is 12.6 Å². The lowest BCUT2D eigenvalue weighted by atomic mass is 9.94. The molecule has 2 amide bonds. The van der Waals surface area contributed by atoms with Gasteiger partial charge in [0, 0.05) is 14.1 Å². The van der Waals surface area contributed by atoms with Crippen LogP contribution in [0.25, 0.3) is 16.0 Å². The molecule has 0 radical (unpaired) electrons. The first-order valence-corrected chi connectivity index (χ1v) is 7.83. The molecule has 2 aromatic rings. The number of amides is 2. The smallest absolute Gasteiger partial charge is 0.328 e. The minimum Gasteiger partial charge on any atom is -0.329 e. The van der Waals surface area contributed by atoms with E-state index < -0.39 is 5.66 Å². The Morgan fingerprint density at radius 2 is 1.76 bits per heavy atom. The van der Waals surface area contributed by atoms with Crippen LogP contribution >= 0.6 is 0 Å². The molecule has 1 fully saturated rings. The van der Waals surface area contributed by atoms with Crippen molar-refractivity contribution >= 4 is 17.7 Å². The lowest BCUT2D eigenvalue weighted by Gasteiger charge is -2.47. The van der Waals surface area contributed by atoms with Gasteiger partial charge in [0.1, 0.15) is 5.66 Å². The minimum absolute atomic E-state index is 0.0611. The maximum absolute atomic E-state index is 12.4. The van der Waals surface area contributed by atoms with Crippen molar-refractivity contribution in [3.8, 4) is 11.1 Å². The van der Waals surface area contributed by atoms with E-state index in [0.29, 0.717) is 5.69 Å². The highest BCUT2D eigenvalue weighted by molar-refractivity contribution is 5.97. The minimum atomic E-state index is -0.825. The third-order valence-electron chi connectivity index (χ3n) is 4.68. The number of nitrogens with zero attached hydrogens (tertiary/aromatic N) is 3. The quantitative estimate of drug-likeness (QED) is 0.825. The van der Waals surface area contributed by atoms with Gasteiger partial charge < -0.3 is 10.2 Å². The van der Waals surface area contributed by atoms with E-state index in [1.165, 1.54) is 4.90 Å². The number of guanidine groups is 1. The summed E-state index contributed by atoms with van der Waals surface area (Å²) in [5, 5.41) is 11.1. The molecule has 2 N–H and O–H groups in total. The van der Waals surface area contributed by atoms with Gasteiger partial charge in [0.05, 0.1) is 6.57 Å². The van der Waals surface area contributed by atoms with Crippen LogP contribution in [0.2, 0.25) is 0 Å². The van der Waals surface area contributed by atoms with Crippen molar-refractivity contribution in [1.82, 2.24) is 15.1 Å². The van der Waals surface area contributed by atoms with Crippen molar-refractivity contribution in [3.63, 3.8) is 0 Å². The van der Waals surface area contributed by atoms with E-state index >= 15 is 0 Å². The van der Waals surface area contributed by atoms with E-state index in [0.717, 1.165) is 16.7 Å². The summed E-state index contributed by atoms with van der Waals surface area (Å²) in [5.41, 5.74) is 2.52. The fourth-order valence-corrected chi connectivity index (χ4v) is 2.93. The Morgan fingerprint density at radius 1 is 1.12 bits per heavy atom. The molecule has 0 bridgehead atoms. The molecule has 0 saturated carbocycles. The number of urea groups is 1. The molecule has 0 spiro atoms. The molecule has 0 aromatic heterocycles. The zero-order valence-corrected chi connectivity index (χ0v) is 14.4. The van der Waals surface area contributed by atoms with Crippen LogP contribution in [-0.4, -0.2) is 35.9 Å². The average Bonchev–Trinajstić information content (AvgIpc) is 2.65. The van der Waals surface area contributed by atoms with Gasteiger partial charge in [-0.3, -0.25) is 10.3 Å². The summed E-state index contributed by atoms with van der Waals surface area (Å²) < 4.78 is 0. The van der Waals surface area contributed by atoms with Gasteiger partial charge in [0.15, 0.2) is 5.69 Å². The number of carbonyl (C=O) groups excluding carboxylic acids is 1. The SMILES string of the molecule is [C-]#[N+]c1cccc(-c2cccc(C3(C)NC(=N)N(C)C(=O)N3C)c2)c1. The third kappa shape index (κ3) is 2.70. The first kappa shape index (κ1) is 16.5. The summed E-state index contributed by atoms with van der Waals surface area (Å²) in [5.74, 6) is 0.0611. The molecular weight excluding hydrogens is 314 g/mol. The van der Waals surface area contributed by atoms with Crippen LogP contribution < -0.4 is 5.32 Å². The van der Waals surface area contributed by atoms with E-state index in [9.17, 15) is 4.79 Å². The lowest BCUT2D eigenvalue weighted by Crippen LogP contribution is -2.67. The Morgan fingerprint density at radius 3 is 2.44 bits per heavy atom. The number of rotatable bonds is 2. The number of benzene rings is 2. The fraction of sp³-hybridized carbons (Fsp3) is 0.211. The van der Waals surface area contributed by atoms with Crippen LogP contribution in [0, 0.1) is 12.0 Å². The second-order valence-corrected chi connectivity index (χ2v) is 6.19. The zero-order valence-electron chi connectivity index (χ0n) is 14.4. The summed E-state index contributed by atoms with van der Waals surface area (Å²) in [6.07, 6.45) is 0. The van der Waals surface area contributed by atoms with Gasteiger partial charge in [-0.2, -0.15) is 0 Å². The van der Waals surface area contributed by atoms with Crippen molar-refractivity contribution < 1.29 is 4.79 Å². The fourth-order valence-electron chi connectivity index (χ4n) is 2.93. The molecule has 1 aliphatic heterocycles. The molecule has 1 aliphatic rings. The average molecular weight is 333 g/mol. The van der Waals surface area contributed by atoms with E-state index in [1.807, 2.05) is 49.4 Å². The lowest BCUT2D eigenvalue weighted by molar-refractivity contribution is 0.0986. The van der Waals surface area contributed by atoms with E-state index in [2.05, 4.69) is 10.2 Å². The van der Waals surface area contributed by atoms with Crippen LogP contribution in [0.15, 0.2) is 48.5 Å². The highest BCUT2D eigenvalue weighted by Gasteiger charge is 2.42. The molecule has 1 saturated heterocycles. The second kappa shape index (κ2) is 5.95. The monoisotopic (exact) mass is 333 g/mol. The molecule has 1 unspecified atom stereocenters. The van der Waals surface area contributed by atoms with Crippen molar-refractivity contribution in [3.05, 3.63) is 65.5 Å². The molecule has 1 heterocycles. The van der Waals surface area contributed by atoms with Crippen molar-refractivity contribution in [1.29, 1.82) is 5.41 Å². The summed E-state index contributed by atoms with van der Waals surface area (Å²) >= 11 is 0. The topological polar surface area (TPSA) is 63.8 Å². The maximum Gasteiger partial charge on any atom is 0.328 e. The Bertz CT molecular complexity index is 901. The number of hydrogen-bond acceptors (Lipinski definition) is 2. The first-order chi connectivity index (χ1) is 11.9. The first-order valence-electron chi connectivity index (χ1n) is 7.83. The number of nitrogens with one attached hydrogen (secondary N) is 2. The summed E-state index contributed by atoms with van der Waals surface area (Å²) in [4.78, 5) is 18.7. The number of hydrogen-bond donors (Lipinski definition) is 2. The van der Waals surface area contributed by atoms with E-state index in [4.69, 9.17) is 12.0 Å². The highest BCUT2D eigenvalue weighted by Crippen LogP contribution is 2.32. The predicted octanol–water partition coefficient (Wildman–Crippen LogP) is 3.60. The van der Waals surface area contributed by atoms with Gasteiger partial charge in [-0.1, -0.05) is 36.4 Å². The zero-order chi connectivity index (χ0) is 18.2. The van der Waals surface area contributed by atoms with E-state index in [1.54, 1.807) is 25.1 Å². The molecule has 1 atom stereocenters. The molecule has 2 aromatic carbocycles. The Balaban J connectivity index is 2.05. The molecule has 6 heteroatoms. The van der Waals surface area contributed by atoms with E-state index in [-0.39, 0.29) is 12.0 Å². The van der Waals surface area contributed by atoms with Gasteiger partial charge in [0.2, 0.25) is 5.96 Å². The molecule has 3 rings (SSSR count). The van der Waals surface area contributed by atoms with Crippen molar-refractivity contribution in [2.24, 2.45) is 0 Å². The van der Waals surface area contributed by atoms with Gasteiger partial charge >= 0.3 is 6.03 Å². The van der Waals surface area contributed by atoms with Crippen molar-refractivity contribution in [2.75, 3.05) is 14.1 Å². The maximum atomic E-state index is 12.4. The standard InChI is InChI=1S/C19H19N5O/c1-19(22-17(20)23(3)18(25)24(19)4)15-9-5-7-13(11-15)14-8-6-10-16(12-14)21-2/h5-12H,1,3-4H3,(H2,20,22). The van der Waals surface area contributed by atoms with Crippen LogP contribution in [0.1, 0.15) is 12.5 Å². The normalized spacial score (nSPS) is 20.2. The Hall–Kier alpha value is -3.33. The Kier molecular flexibility index (Phi) is 3.93. The van der Waals surface area contributed by atoms with Gasteiger partial charge in [-0.15, -0.1) is 0 Å². The second-order valence-electron chi connectivity index (χ2n) is 6.19. The third-order valence-corrected chi connectivity index (χ3v) is 4.68. The van der Waals surface area contributed by atoms with Crippen LogP contribution in [-0.2, 0) is 5.66 Å². The van der Waals surface area contributed by atoms with Gasteiger partial charge in [-0.05, 0) is 35.7 Å². The number of carbonyl (C=O) groups is 1. The van der Waals surface area contributed by atoms with Crippen LogP contribution in [0.4, 0.5) is 10.5 Å². The molecule has 0 aliphatic carbocycles. The molecule has 6 nitrogen and oxygen atoms in total. The molecule has 126 valence electrons. The van der Waals surface area contributed by atoms with Gasteiger partial charge in [-0.25, -0.2) is 9.64 Å². The predicted molar refractivity (Wildman–Crippen MR) is 97.3 cm³/mol. The highest BCUT2D eigenvalue weighted by atomic mass is 16.2. The van der Waals surface area contributed by atoms with Crippen LogP contribution in [0.5, 0.6) is 0 Å². The summed E-state index contributed by atoms with van der Waals surface area (Å²) in [6.45, 7) is 9.05. The largest absolute Gasteiger partial charge is 0.329 e. The van der Waals surface area contributed by atoms with Gasteiger partial charge in [0.25, 0.3) is 0 Å². The summed E-state index contributed by atoms with van der Waals surface area (Å²) in [6, 6.07) is 15.0. The summed E-state index contributed by atoms with van der Waals surface area (Å²) in [7, 11) is 3.28.